The van der Waals surface area contributed by atoms with Crippen LogP contribution in [0.5, 0.6) is 0 Å². The number of amides is 1. The summed E-state index contributed by atoms with van der Waals surface area (Å²) in [4.78, 5) is 13.5. The van der Waals surface area contributed by atoms with Crippen LogP contribution in [0.15, 0.2) is 24.3 Å². The van der Waals surface area contributed by atoms with E-state index in [0.29, 0.717) is 11.1 Å². The van der Waals surface area contributed by atoms with Crippen LogP contribution in [0.25, 0.3) is 0 Å². The highest BCUT2D eigenvalue weighted by atomic mass is 16.1. The fraction of sp³-hybridized carbons (Fsp3) is 0.467. The first-order chi connectivity index (χ1) is 9.29. The molecule has 1 saturated heterocycles. The molecule has 0 unspecified atom stereocenters. The van der Waals surface area contributed by atoms with E-state index in [0.717, 1.165) is 19.5 Å². The van der Waals surface area contributed by atoms with Crippen LogP contribution in [0.3, 0.4) is 0 Å². The maximum atomic E-state index is 11.8. The molecule has 0 bridgehead atoms. The van der Waals surface area contributed by atoms with Crippen LogP contribution in [0.1, 0.15) is 35.2 Å². The van der Waals surface area contributed by atoms with Crippen LogP contribution >= 0.6 is 0 Å². The van der Waals surface area contributed by atoms with Crippen LogP contribution in [-0.4, -0.2) is 32.1 Å². The summed E-state index contributed by atoms with van der Waals surface area (Å²) in [6.45, 7) is 4.43. The highest BCUT2D eigenvalue weighted by Crippen LogP contribution is 2.02. The maximum absolute atomic E-state index is 11.8. The molecule has 4 heteroatoms. The first-order valence-electron chi connectivity index (χ1n) is 6.91. The lowest BCUT2D eigenvalue weighted by atomic mass is 10.1. The van der Waals surface area contributed by atoms with Crippen molar-refractivity contribution < 1.29 is 9.69 Å². The highest BCUT2D eigenvalue weighted by molar-refractivity contribution is 5.94. The van der Waals surface area contributed by atoms with Crippen molar-refractivity contribution in [1.29, 1.82) is 5.26 Å². The number of benzene rings is 1. The first-order valence-corrected chi connectivity index (χ1v) is 6.91. The second-order valence-electron chi connectivity index (χ2n) is 5.01. The van der Waals surface area contributed by atoms with Gasteiger partial charge in [0.1, 0.15) is 0 Å². The first kappa shape index (κ1) is 13.6. The van der Waals surface area contributed by atoms with Gasteiger partial charge in [0.15, 0.2) is 0 Å². The zero-order valence-corrected chi connectivity index (χ0v) is 11.1. The molecule has 0 saturated carbocycles. The molecule has 0 aliphatic carbocycles. The Balaban J connectivity index is 1.69. The van der Waals surface area contributed by atoms with Gasteiger partial charge < -0.3 is 10.2 Å². The van der Waals surface area contributed by atoms with Crippen LogP contribution in [0.2, 0.25) is 0 Å². The van der Waals surface area contributed by atoms with E-state index in [1.165, 1.54) is 25.9 Å². The molecule has 1 aliphatic rings. The number of hydrogen-bond donors (Lipinski definition) is 2. The zero-order valence-electron chi connectivity index (χ0n) is 11.1. The number of nitriles is 1. The van der Waals surface area contributed by atoms with Gasteiger partial charge in [0.05, 0.1) is 31.3 Å². The molecule has 0 aromatic heterocycles. The summed E-state index contributed by atoms with van der Waals surface area (Å²) in [7, 11) is 0. The van der Waals surface area contributed by atoms with Crippen LogP contribution in [0, 0.1) is 11.3 Å². The third kappa shape index (κ3) is 4.08. The molecule has 19 heavy (non-hydrogen) atoms. The fourth-order valence-corrected chi connectivity index (χ4v) is 2.46. The number of carbonyl (C=O) groups excluding carboxylic acids is 1. The monoisotopic (exact) mass is 258 g/mol. The van der Waals surface area contributed by atoms with Crippen molar-refractivity contribution in [2.45, 2.75) is 19.3 Å². The molecule has 0 radical (unpaired) electrons. The minimum absolute atomic E-state index is 0.0547. The summed E-state index contributed by atoms with van der Waals surface area (Å²) in [6, 6.07) is 8.77. The second-order valence-corrected chi connectivity index (χ2v) is 5.01. The predicted octanol–water partition coefficient (Wildman–Crippen LogP) is 0.357. The van der Waals surface area contributed by atoms with Gasteiger partial charge in [0.25, 0.3) is 5.91 Å². The highest BCUT2D eigenvalue weighted by Gasteiger charge is 2.14. The van der Waals surface area contributed by atoms with Crippen molar-refractivity contribution >= 4 is 5.91 Å². The molecule has 2 N–H and O–H groups in total. The van der Waals surface area contributed by atoms with Crippen molar-refractivity contribution in [2.75, 3.05) is 26.2 Å². The van der Waals surface area contributed by atoms with Crippen molar-refractivity contribution in [2.24, 2.45) is 0 Å². The smallest absolute Gasteiger partial charge is 0.251 e. The van der Waals surface area contributed by atoms with Gasteiger partial charge in [0, 0.05) is 31.4 Å². The number of hydrogen-bond acceptors (Lipinski definition) is 2. The van der Waals surface area contributed by atoms with E-state index in [2.05, 4.69) is 5.32 Å². The van der Waals surface area contributed by atoms with E-state index >= 15 is 0 Å². The standard InChI is InChI=1S/C15H19N3O/c16-12-13-4-6-14(7-5-13)15(19)17-8-3-11-18-9-1-2-10-18/h4-7H,1-3,8-11H2,(H,17,19)/p+1. The topological polar surface area (TPSA) is 57.3 Å². The molecule has 1 aromatic carbocycles. The number of likely N-dealkylation sites (tertiary alicyclic amines) is 1. The number of carbonyl (C=O) groups is 1. The summed E-state index contributed by atoms with van der Waals surface area (Å²) in [5.74, 6) is -0.0547. The van der Waals surface area contributed by atoms with Crippen LogP contribution < -0.4 is 10.2 Å². The molecule has 100 valence electrons. The average Bonchev–Trinajstić information content (AvgIpc) is 2.96. The number of quaternary nitrogens is 1. The van der Waals surface area contributed by atoms with Crippen molar-refractivity contribution in [3.05, 3.63) is 35.4 Å². The Morgan fingerprint density at radius 2 is 1.95 bits per heavy atom. The Morgan fingerprint density at radius 3 is 2.58 bits per heavy atom. The van der Waals surface area contributed by atoms with E-state index in [1.54, 1.807) is 29.2 Å². The lowest BCUT2D eigenvalue weighted by Crippen LogP contribution is -3.10. The Morgan fingerprint density at radius 1 is 1.26 bits per heavy atom. The van der Waals surface area contributed by atoms with Crippen molar-refractivity contribution in [3.8, 4) is 6.07 Å². The Hall–Kier alpha value is -1.86. The molecule has 1 fully saturated rings. The van der Waals surface area contributed by atoms with Crippen molar-refractivity contribution in [3.63, 3.8) is 0 Å². The molecule has 1 aliphatic heterocycles. The largest absolute Gasteiger partial charge is 0.352 e. The van der Waals surface area contributed by atoms with Crippen LogP contribution in [-0.2, 0) is 0 Å². The zero-order chi connectivity index (χ0) is 13.5. The quantitative estimate of drug-likeness (QED) is 0.749. The van der Waals surface area contributed by atoms with Gasteiger partial charge in [0.2, 0.25) is 0 Å². The molecule has 2 rings (SSSR count). The molecular formula is C15H20N3O+. The molecule has 1 heterocycles. The molecule has 0 spiro atoms. The van der Waals surface area contributed by atoms with Gasteiger partial charge >= 0.3 is 0 Å². The predicted molar refractivity (Wildman–Crippen MR) is 72.9 cm³/mol. The summed E-state index contributed by atoms with van der Waals surface area (Å²) >= 11 is 0. The second kappa shape index (κ2) is 6.91. The molecule has 1 aromatic rings. The molecule has 0 atom stereocenters. The summed E-state index contributed by atoms with van der Waals surface area (Å²) in [5, 5.41) is 11.6. The summed E-state index contributed by atoms with van der Waals surface area (Å²) in [6.07, 6.45) is 3.71. The maximum Gasteiger partial charge on any atom is 0.251 e. The third-order valence-electron chi connectivity index (χ3n) is 3.58. The number of nitrogens with zero attached hydrogens (tertiary/aromatic N) is 1. The lowest BCUT2D eigenvalue weighted by molar-refractivity contribution is -0.887. The van der Waals surface area contributed by atoms with Gasteiger partial charge in [-0.25, -0.2) is 0 Å². The SMILES string of the molecule is N#Cc1ccc(C(=O)NCCC[NH+]2CCCC2)cc1. The van der Waals surface area contributed by atoms with Gasteiger partial charge in [-0.3, -0.25) is 4.79 Å². The summed E-state index contributed by atoms with van der Waals surface area (Å²) < 4.78 is 0. The Labute approximate surface area is 114 Å². The minimum Gasteiger partial charge on any atom is -0.352 e. The summed E-state index contributed by atoms with van der Waals surface area (Å²) in [5.41, 5.74) is 1.20. The van der Waals surface area contributed by atoms with E-state index in [4.69, 9.17) is 5.26 Å². The van der Waals surface area contributed by atoms with Crippen molar-refractivity contribution in [1.82, 2.24) is 5.32 Å². The number of nitrogens with one attached hydrogen (secondary N) is 2. The van der Waals surface area contributed by atoms with Crippen LogP contribution in [0.4, 0.5) is 0 Å². The average molecular weight is 258 g/mol. The lowest BCUT2D eigenvalue weighted by Gasteiger charge is -2.12. The van der Waals surface area contributed by atoms with Gasteiger partial charge in [-0.05, 0) is 24.3 Å². The molecular weight excluding hydrogens is 238 g/mol. The van der Waals surface area contributed by atoms with E-state index in [-0.39, 0.29) is 5.91 Å². The van der Waals surface area contributed by atoms with Gasteiger partial charge in [-0.2, -0.15) is 5.26 Å². The Kier molecular flexibility index (Phi) is 4.93. The molecule has 4 nitrogen and oxygen atoms in total. The van der Waals surface area contributed by atoms with E-state index < -0.39 is 0 Å². The van der Waals surface area contributed by atoms with Gasteiger partial charge in [-0.15, -0.1) is 0 Å². The van der Waals surface area contributed by atoms with Gasteiger partial charge in [-0.1, -0.05) is 0 Å². The Bertz CT molecular complexity index is 455. The third-order valence-corrected chi connectivity index (χ3v) is 3.58. The fourth-order valence-electron chi connectivity index (χ4n) is 2.46. The minimum atomic E-state index is -0.0547. The molecule has 1 amide bonds. The van der Waals surface area contributed by atoms with E-state index in [9.17, 15) is 4.79 Å². The number of rotatable bonds is 5. The van der Waals surface area contributed by atoms with E-state index in [1.807, 2.05) is 6.07 Å². The normalized spacial score (nSPS) is 15.1.